The summed E-state index contributed by atoms with van der Waals surface area (Å²) >= 11 is 0. The molecule has 0 radical (unpaired) electrons. The average molecular weight is 360 g/mol. The van der Waals surface area contributed by atoms with Crippen LogP contribution in [0.2, 0.25) is 0 Å². The number of fused-ring (bicyclic) bond motifs is 3. The second-order valence-electron chi connectivity index (χ2n) is 7.59. The molecule has 0 saturated carbocycles. The molecule has 1 aromatic carbocycles. The number of phenols is 1. The fourth-order valence-electron chi connectivity index (χ4n) is 4.74. The quantitative estimate of drug-likeness (QED) is 0.439. The molecule has 0 aliphatic heterocycles. The fraction of sp³-hybridized carbons (Fsp3) is 0.474. The van der Waals surface area contributed by atoms with E-state index < -0.39 is 41.4 Å². The normalized spacial score (nSPS) is 39.3. The van der Waals surface area contributed by atoms with Gasteiger partial charge in [-0.2, -0.15) is 0 Å². The van der Waals surface area contributed by atoms with E-state index in [0.29, 0.717) is 6.42 Å². The summed E-state index contributed by atoms with van der Waals surface area (Å²) in [5.74, 6) is -2.99. The lowest BCUT2D eigenvalue weighted by Crippen LogP contribution is -2.66. The van der Waals surface area contributed by atoms with Crippen molar-refractivity contribution in [2.45, 2.75) is 43.7 Å². The molecule has 0 spiro atoms. The molecule has 6 atom stereocenters. The number of aliphatic hydroxyl groups excluding tert-OH is 3. The molecule has 1 aromatic rings. The van der Waals surface area contributed by atoms with Gasteiger partial charge in [0.15, 0.2) is 11.6 Å². The molecule has 138 valence electrons. The van der Waals surface area contributed by atoms with E-state index in [1.54, 1.807) is 0 Å². The summed E-state index contributed by atoms with van der Waals surface area (Å²) in [4.78, 5) is 25.8. The minimum Gasteiger partial charge on any atom is -0.508 e. The molecule has 0 aromatic heterocycles. The number of carbonyl (C=O) groups excluding carboxylic acids is 2. The van der Waals surface area contributed by atoms with Crippen LogP contribution in [0.5, 0.6) is 5.75 Å². The number of hydrogen-bond donors (Lipinski definition) is 5. The van der Waals surface area contributed by atoms with Crippen LogP contribution in [0, 0.1) is 11.8 Å². The van der Waals surface area contributed by atoms with E-state index in [2.05, 4.69) is 0 Å². The Morgan fingerprint density at radius 1 is 1.12 bits per heavy atom. The Labute approximate surface area is 149 Å². The van der Waals surface area contributed by atoms with Crippen molar-refractivity contribution >= 4 is 11.6 Å². The number of hydrogen-bond acceptors (Lipinski definition) is 7. The summed E-state index contributed by atoms with van der Waals surface area (Å²) < 4.78 is 0. The third kappa shape index (κ3) is 1.97. The maximum absolute atomic E-state index is 13.1. The van der Waals surface area contributed by atoms with Crippen molar-refractivity contribution < 1.29 is 35.1 Å². The smallest absolute Gasteiger partial charge is 0.174 e. The van der Waals surface area contributed by atoms with Crippen molar-refractivity contribution in [3.05, 3.63) is 40.5 Å². The van der Waals surface area contributed by atoms with Gasteiger partial charge < -0.3 is 25.5 Å². The topological polar surface area (TPSA) is 135 Å². The molecular weight excluding hydrogens is 340 g/mol. The molecule has 0 amide bonds. The number of benzene rings is 1. The lowest BCUT2D eigenvalue weighted by molar-refractivity contribution is -0.198. The van der Waals surface area contributed by atoms with Gasteiger partial charge in [0.25, 0.3) is 0 Å². The molecule has 3 aliphatic rings. The summed E-state index contributed by atoms with van der Waals surface area (Å²) in [6, 6.07) is 4.08. The van der Waals surface area contributed by atoms with E-state index in [1.165, 1.54) is 18.2 Å². The number of Topliss-reactive ketones (excluding diaryl/α,β-unsaturated/α-hetero) is 2. The molecule has 0 saturated heterocycles. The van der Waals surface area contributed by atoms with Crippen LogP contribution >= 0.6 is 0 Å². The van der Waals surface area contributed by atoms with Gasteiger partial charge in [0.05, 0.1) is 5.92 Å². The largest absolute Gasteiger partial charge is 0.508 e. The maximum atomic E-state index is 13.1. The third-order valence-corrected chi connectivity index (χ3v) is 5.95. The van der Waals surface area contributed by atoms with E-state index in [0.717, 1.165) is 0 Å². The van der Waals surface area contributed by atoms with Gasteiger partial charge in [-0.05, 0) is 24.0 Å². The van der Waals surface area contributed by atoms with E-state index >= 15 is 0 Å². The summed E-state index contributed by atoms with van der Waals surface area (Å²) in [6.45, 7) is 1.83. The van der Waals surface area contributed by atoms with E-state index in [-0.39, 0.29) is 40.4 Å². The molecule has 26 heavy (non-hydrogen) atoms. The lowest BCUT2D eigenvalue weighted by Gasteiger charge is -2.52. The van der Waals surface area contributed by atoms with Crippen molar-refractivity contribution in [3.8, 4) is 5.75 Å². The standard InChI is InChI=1S/C19H20O7/c1-7-5-9-12(11(21)6-7)14-15(22)8-3-2-4-10(20)13(8)17(24)19(14,26)18(25)16(9)23/h2-4,7,14,16-18,20,23-26H,5-6H2,1H3/t7-,14?,16-,17-,18+,19+/m0/s1. The Morgan fingerprint density at radius 2 is 1.81 bits per heavy atom. The van der Waals surface area contributed by atoms with Gasteiger partial charge in [-0.3, -0.25) is 9.59 Å². The van der Waals surface area contributed by atoms with Crippen LogP contribution in [-0.4, -0.2) is 54.9 Å². The van der Waals surface area contributed by atoms with Crippen molar-refractivity contribution in [1.29, 1.82) is 0 Å². The first kappa shape index (κ1) is 17.4. The summed E-state index contributed by atoms with van der Waals surface area (Å²) in [5, 5.41) is 53.2. The van der Waals surface area contributed by atoms with Crippen molar-refractivity contribution in [1.82, 2.24) is 0 Å². The minimum absolute atomic E-state index is 0.00552. The van der Waals surface area contributed by atoms with Crippen LogP contribution in [0.25, 0.3) is 0 Å². The number of ketones is 2. The summed E-state index contributed by atoms with van der Waals surface area (Å²) in [5.41, 5.74) is -2.48. The molecule has 7 nitrogen and oxygen atoms in total. The van der Waals surface area contributed by atoms with Crippen molar-refractivity contribution in [3.63, 3.8) is 0 Å². The van der Waals surface area contributed by atoms with Crippen molar-refractivity contribution in [2.24, 2.45) is 11.8 Å². The Balaban J connectivity index is 2.01. The number of rotatable bonds is 0. The van der Waals surface area contributed by atoms with Gasteiger partial charge in [-0.25, -0.2) is 0 Å². The molecule has 7 heteroatoms. The Hall–Kier alpha value is -2.06. The Bertz CT molecular complexity index is 857. The zero-order chi connectivity index (χ0) is 19.0. The highest BCUT2D eigenvalue weighted by Gasteiger charge is 2.64. The van der Waals surface area contributed by atoms with Crippen LogP contribution in [-0.2, 0) is 4.79 Å². The Morgan fingerprint density at radius 3 is 2.50 bits per heavy atom. The second kappa shape index (κ2) is 5.47. The average Bonchev–Trinajstić information content (AvgIpc) is 2.58. The van der Waals surface area contributed by atoms with Crippen LogP contribution in [0.3, 0.4) is 0 Å². The zero-order valence-corrected chi connectivity index (χ0v) is 14.1. The number of aromatic hydroxyl groups is 1. The van der Waals surface area contributed by atoms with Gasteiger partial charge in [-0.1, -0.05) is 19.1 Å². The molecule has 0 fully saturated rings. The summed E-state index contributed by atoms with van der Waals surface area (Å²) in [6.07, 6.45) is -4.82. The van der Waals surface area contributed by atoms with Gasteiger partial charge in [-0.15, -0.1) is 0 Å². The molecule has 4 rings (SSSR count). The fourth-order valence-corrected chi connectivity index (χ4v) is 4.74. The van der Waals surface area contributed by atoms with Crippen molar-refractivity contribution in [2.75, 3.05) is 0 Å². The minimum atomic E-state index is -2.50. The molecular formula is C19H20O7. The number of phenolic OH excluding ortho intramolecular Hbond substituents is 1. The monoisotopic (exact) mass is 360 g/mol. The number of aliphatic hydroxyl groups is 4. The van der Waals surface area contributed by atoms with E-state index in [1.807, 2.05) is 6.92 Å². The van der Waals surface area contributed by atoms with Gasteiger partial charge in [0.2, 0.25) is 0 Å². The maximum Gasteiger partial charge on any atom is 0.174 e. The molecule has 5 N–H and O–H groups in total. The van der Waals surface area contributed by atoms with E-state index in [9.17, 15) is 35.1 Å². The highest BCUT2D eigenvalue weighted by molar-refractivity contribution is 6.11. The molecule has 0 bridgehead atoms. The van der Waals surface area contributed by atoms with Crippen LogP contribution in [0.4, 0.5) is 0 Å². The van der Waals surface area contributed by atoms with Gasteiger partial charge in [0.1, 0.15) is 29.7 Å². The van der Waals surface area contributed by atoms with Crippen LogP contribution in [0.15, 0.2) is 29.3 Å². The predicted octanol–water partition coefficient (Wildman–Crippen LogP) is 0.000200. The molecule has 1 unspecified atom stereocenters. The number of carbonyl (C=O) groups is 2. The predicted molar refractivity (Wildman–Crippen MR) is 88.3 cm³/mol. The van der Waals surface area contributed by atoms with Crippen LogP contribution < -0.4 is 0 Å². The first-order valence-electron chi connectivity index (χ1n) is 8.58. The highest BCUT2D eigenvalue weighted by Crippen LogP contribution is 2.54. The Kier molecular flexibility index (Phi) is 3.65. The molecule has 0 heterocycles. The highest BCUT2D eigenvalue weighted by atomic mass is 16.4. The van der Waals surface area contributed by atoms with Gasteiger partial charge >= 0.3 is 0 Å². The van der Waals surface area contributed by atoms with Gasteiger partial charge in [0, 0.05) is 23.1 Å². The third-order valence-electron chi connectivity index (χ3n) is 5.95. The summed E-state index contributed by atoms with van der Waals surface area (Å²) in [7, 11) is 0. The van der Waals surface area contributed by atoms with E-state index in [4.69, 9.17) is 0 Å². The first-order chi connectivity index (χ1) is 12.2. The molecule has 3 aliphatic carbocycles. The SMILES string of the molecule is C[C@@H]1CC(=O)C2=C(C1)[C@H](O)[C@@H](O)[C@@]1(O)C2C(=O)c2cccc(O)c2[C@@H]1O. The van der Waals surface area contributed by atoms with Crippen LogP contribution in [0.1, 0.15) is 41.8 Å². The zero-order valence-electron chi connectivity index (χ0n) is 14.1. The second-order valence-corrected chi connectivity index (χ2v) is 7.59. The first-order valence-corrected chi connectivity index (χ1v) is 8.58. The lowest BCUT2D eigenvalue weighted by atomic mass is 9.56.